The maximum atomic E-state index is 12.3. The summed E-state index contributed by atoms with van der Waals surface area (Å²) in [6.07, 6.45) is 18.9. The van der Waals surface area contributed by atoms with Gasteiger partial charge < -0.3 is 15.5 Å². The molecule has 0 spiro atoms. The summed E-state index contributed by atoms with van der Waals surface area (Å²) in [5.74, 6) is 7.10. The highest BCUT2D eigenvalue weighted by Gasteiger charge is 2.12. The predicted molar refractivity (Wildman–Crippen MR) is 106 cm³/mol. The van der Waals surface area contributed by atoms with Crippen molar-refractivity contribution in [3.8, 4) is 37.0 Å². The molecule has 0 atom stereocenters. The molecule has 0 bridgehead atoms. The van der Waals surface area contributed by atoms with Crippen LogP contribution < -0.4 is 10.6 Å². The van der Waals surface area contributed by atoms with Crippen molar-refractivity contribution in [1.29, 1.82) is 0 Å². The average molecular weight is 371 g/mol. The van der Waals surface area contributed by atoms with Gasteiger partial charge in [0.1, 0.15) is 0 Å². The van der Waals surface area contributed by atoms with Crippen LogP contribution in [-0.2, 0) is 14.4 Å². The predicted octanol–water partition coefficient (Wildman–Crippen LogP) is 1.07. The topological polar surface area (TPSA) is 78.5 Å². The Morgan fingerprint density at radius 2 is 1.11 bits per heavy atom. The first-order valence-electron chi connectivity index (χ1n) is 9.16. The Morgan fingerprint density at radius 1 is 0.704 bits per heavy atom. The lowest BCUT2D eigenvalue weighted by molar-refractivity contribution is -0.131. The zero-order valence-corrected chi connectivity index (χ0v) is 15.9. The monoisotopic (exact) mass is 371 g/mol. The molecule has 0 aliphatic heterocycles. The zero-order valence-electron chi connectivity index (χ0n) is 15.9. The van der Waals surface area contributed by atoms with Crippen molar-refractivity contribution in [2.45, 2.75) is 51.4 Å². The number of hydrogen-bond acceptors (Lipinski definition) is 3. The van der Waals surface area contributed by atoms with Gasteiger partial charge in [0.05, 0.1) is 0 Å². The number of carbonyl (C=O) groups is 3. The van der Waals surface area contributed by atoms with E-state index in [0.29, 0.717) is 77.5 Å². The molecule has 0 aromatic heterocycles. The summed E-state index contributed by atoms with van der Waals surface area (Å²) < 4.78 is 0. The van der Waals surface area contributed by atoms with E-state index in [1.807, 2.05) is 0 Å². The Labute approximate surface area is 162 Å². The van der Waals surface area contributed by atoms with Gasteiger partial charge in [-0.2, -0.15) is 0 Å². The van der Waals surface area contributed by atoms with E-state index in [2.05, 4.69) is 28.4 Å². The zero-order chi connectivity index (χ0) is 20.3. The maximum absolute atomic E-state index is 12.3. The lowest BCUT2D eigenvalue weighted by Crippen LogP contribution is -2.36. The summed E-state index contributed by atoms with van der Waals surface area (Å²) in [5, 5.41) is 5.56. The van der Waals surface area contributed by atoms with Crippen LogP contribution in [0.4, 0.5) is 0 Å². The molecule has 0 saturated heterocycles. The SMILES string of the molecule is C#CCCC(=O)NCCCN(CCCNC(=O)CCC#C)C(=O)CCC#C. The Hall–Kier alpha value is -2.91. The minimum Gasteiger partial charge on any atom is -0.356 e. The van der Waals surface area contributed by atoms with E-state index < -0.39 is 0 Å². The van der Waals surface area contributed by atoms with E-state index in [9.17, 15) is 14.4 Å². The van der Waals surface area contributed by atoms with Crippen molar-refractivity contribution >= 4 is 17.7 Å². The van der Waals surface area contributed by atoms with Gasteiger partial charge in [-0.05, 0) is 12.8 Å². The van der Waals surface area contributed by atoms with Gasteiger partial charge in [-0.3, -0.25) is 14.4 Å². The van der Waals surface area contributed by atoms with Gasteiger partial charge in [0, 0.05) is 64.7 Å². The lowest BCUT2D eigenvalue weighted by atomic mass is 10.2. The molecule has 0 radical (unpaired) electrons. The molecule has 27 heavy (non-hydrogen) atoms. The van der Waals surface area contributed by atoms with Gasteiger partial charge in [-0.25, -0.2) is 0 Å². The molecule has 6 heteroatoms. The van der Waals surface area contributed by atoms with Crippen LogP contribution in [0.3, 0.4) is 0 Å². The third-order valence-corrected chi connectivity index (χ3v) is 3.68. The number of terminal acetylenes is 3. The molecule has 0 aliphatic rings. The van der Waals surface area contributed by atoms with E-state index >= 15 is 0 Å². The number of hydrogen-bond donors (Lipinski definition) is 2. The van der Waals surface area contributed by atoms with Crippen LogP contribution in [0.5, 0.6) is 0 Å². The van der Waals surface area contributed by atoms with Crippen molar-refractivity contribution < 1.29 is 14.4 Å². The molecule has 0 aliphatic carbocycles. The molecule has 0 aromatic carbocycles. The first-order chi connectivity index (χ1) is 13.0. The molecular weight excluding hydrogens is 342 g/mol. The highest BCUT2D eigenvalue weighted by Crippen LogP contribution is 2.01. The number of amides is 3. The van der Waals surface area contributed by atoms with E-state index in [0.717, 1.165) is 0 Å². The Kier molecular flexibility index (Phi) is 14.8. The van der Waals surface area contributed by atoms with Crippen molar-refractivity contribution in [2.75, 3.05) is 26.2 Å². The third-order valence-electron chi connectivity index (χ3n) is 3.68. The van der Waals surface area contributed by atoms with Crippen LogP contribution in [0, 0.1) is 37.0 Å². The molecule has 0 fully saturated rings. The fourth-order valence-corrected chi connectivity index (χ4v) is 2.24. The molecule has 0 unspecified atom stereocenters. The van der Waals surface area contributed by atoms with Crippen LogP contribution in [0.2, 0.25) is 0 Å². The van der Waals surface area contributed by atoms with Gasteiger partial charge in [0.15, 0.2) is 0 Å². The Bertz CT molecular complexity index is 555. The average Bonchev–Trinajstić information content (AvgIpc) is 2.67. The summed E-state index contributed by atoms with van der Waals surface area (Å²) in [7, 11) is 0. The normalized spacial score (nSPS) is 9.37. The van der Waals surface area contributed by atoms with Crippen molar-refractivity contribution in [3.05, 3.63) is 0 Å². The largest absolute Gasteiger partial charge is 0.356 e. The first kappa shape index (κ1) is 24.1. The van der Waals surface area contributed by atoms with Gasteiger partial charge in [0.2, 0.25) is 17.7 Å². The van der Waals surface area contributed by atoms with Crippen LogP contribution in [0.15, 0.2) is 0 Å². The lowest BCUT2D eigenvalue weighted by Gasteiger charge is -2.23. The maximum Gasteiger partial charge on any atom is 0.223 e. The molecule has 0 aromatic rings. The van der Waals surface area contributed by atoms with Gasteiger partial charge >= 0.3 is 0 Å². The van der Waals surface area contributed by atoms with E-state index in [-0.39, 0.29) is 17.7 Å². The molecule has 0 heterocycles. The number of nitrogens with one attached hydrogen (secondary N) is 2. The molecular formula is C21H29N3O3. The Morgan fingerprint density at radius 3 is 1.52 bits per heavy atom. The summed E-state index contributed by atoms with van der Waals surface area (Å²) in [6, 6.07) is 0. The van der Waals surface area contributed by atoms with Crippen LogP contribution >= 0.6 is 0 Å². The second-order valence-corrected chi connectivity index (χ2v) is 5.90. The van der Waals surface area contributed by atoms with Crippen LogP contribution in [0.1, 0.15) is 51.4 Å². The molecule has 2 N–H and O–H groups in total. The standard InChI is InChI=1S/C21H29N3O3/c1-4-7-12-19(25)22-15-10-17-24(21(27)14-9-6-3)18-11-16-23-20(26)13-8-5-2/h1-3H,7-18H2,(H,22,25)(H,23,26). The summed E-state index contributed by atoms with van der Waals surface area (Å²) >= 11 is 0. The summed E-state index contributed by atoms with van der Waals surface area (Å²) in [6.45, 7) is 1.99. The molecule has 3 amide bonds. The summed E-state index contributed by atoms with van der Waals surface area (Å²) in [4.78, 5) is 37.0. The fourth-order valence-electron chi connectivity index (χ4n) is 2.24. The van der Waals surface area contributed by atoms with E-state index in [4.69, 9.17) is 19.3 Å². The quantitative estimate of drug-likeness (QED) is 0.354. The minimum atomic E-state index is -0.0900. The van der Waals surface area contributed by atoms with Gasteiger partial charge in [-0.15, -0.1) is 37.0 Å². The van der Waals surface area contributed by atoms with Crippen molar-refractivity contribution in [1.82, 2.24) is 15.5 Å². The second kappa shape index (κ2) is 16.6. The number of carbonyl (C=O) groups excluding carboxylic acids is 3. The van der Waals surface area contributed by atoms with Crippen LogP contribution in [0.25, 0.3) is 0 Å². The van der Waals surface area contributed by atoms with Crippen molar-refractivity contribution in [2.24, 2.45) is 0 Å². The van der Waals surface area contributed by atoms with Gasteiger partial charge in [-0.1, -0.05) is 0 Å². The molecule has 0 rings (SSSR count). The second-order valence-electron chi connectivity index (χ2n) is 5.90. The number of rotatable bonds is 14. The first-order valence-corrected chi connectivity index (χ1v) is 9.16. The highest BCUT2D eigenvalue weighted by atomic mass is 16.2. The van der Waals surface area contributed by atoms with E-state index in [1.165, 1.54) is 0 Å². The minimum absolute atomic E-state index is 0.0229. The molecule has 146 valence electrons. The van der Waals surface area contributed by atoms with Gasteiger partial charge in [0.25, 0.3) is 0 Å². The summed E-state index contributed by atoms with van der Waals surface area (Å²) in [5.41, 5.74) is 0. The molecule has 6 nitrogen and oxygen atoms in total. The van der Waals surface area contributed by atoms with Crippen LogP contribution in [-0.4, -0.2) is 48.8 Å². The third kappa shape index (κ3) is 14.0. The van der Waals surface area contributed by atoms with E-state index in [1.54, 1.807) is 4.90 Å². The molecule has 0 saturated carbocycles. The number of nitrogens with zero attached hydrogens (tertiary/aromatic N) is 1. The van der Waals surface area contributed by atoms with Crippen molar-refractivity contribution in [3.63, 3.8) is 0 Å². The Balaban J connectivity index is 4.22. The highest BCUT2D eigenvalue weighted by molar-refractivity contribution is 5.77. The fraction of sp³-hybridized carbons (Fsp3) is 0.571. The smallest absolute Gasteiger partial charge is 0.223 e.